The summed E-state index contributed by atoms with van der Waals surface area (Å²) in [7, 11) is 0. The number of hydrogen-bond donors (Lipinski definition) is 4. The van der Waals surface area contributed by atoms with Crippen molar-refractivity contribution in [3.63, 3.8) is 0 Å². The van der Waals surface area contributed by atoms with Crippen molar-refractivity contribution in [1.82, 2.24) is 15.1 Å². The van der Waals surface area contributed by atoms with Crippen LogP contribution < -0.4 is 5.32 Å². The Balaban J connectivity index is 1.40. The molecule has 4 N–H and O–H groups in total. The number of carboxylic acid groups (broad SMARTS) is 1. The summed E-state index contributed by atoms with van der Waals surface area (Å²) in [6.45, 7) is 6.21. The van der Waals surface area contributed by atoms with Gasteiger partial charge in [-0.05, 0) is 55.9 Å². The topological polar surface area (TPSA) is 123 Å². The average molecular weight is 512 g/mol. The lowest BCUT2D eigenvalue weighted by molar-refractivity contribution is -0.0128. The van der Waals surface area contributed by atoms with Crippen LogP contribution in [0.1, 0.15) is 43.0 Å². The lowest BCUT2D eigenvalue weighted by Gasteiger charge is -2.40. The maximum absolute atomic E-state index is 13.0. The van der Waals surface area contributed by atoms with Gasteiger partial charge in [-0.25, -0.2) is 9.59 Å². The third-order valence-corrected chi connectivity index (χ3v) is 7.05. The summed E-state index contributed by atoms with van der Waals surface area (Å²) < 4.78 is 5.61. The molecule has 0 saturated heterocycles. The van der Waals surface area contributed by atoms with E-state index in [1.807, 2.05) is 48.5 Å². The highest BCUT2D eigenvalue weighted by Crippen LogP contribution is 2.28. The third-order valence-electron chi connectivity index (χ3n) is 7.05. The van der Waals surface area contributed by atoms with Gasteiger partial charge >= 0.3 is 12.2 Å². The van der Waals surface area contributed by atoms with Gasteiger partial charge in [-0.15, -0.1) is 0 Å². The average Bonchev–Trinajstić information content (AvgIpc) is 2.85. The predicted molar refractivity (Wildman–Crippen MR) is 138 cm³/mol. The molecule has 0 aromatic heterocycles. The molecule has 2 heterocycles. The molecule has 2 aliphatic heterocycles. The number of carbonyl (C=O) groups excluding carboxylic acids is 1. The zero-order valence-corrected chi connectivity index (χ0v) is 21.6. The predicted octanol–water partition coefficient (Wildman–Crippen LogP) is 2.76. The van der Waals surface area contributed by atoms with Crippen molar-refractivity contribution in [2.75, 3.05) is 13.1 Å². The van der Waals surface area contributed by atoms with Gasteiger partial charge in [-0.1, -0.05) is 48.5 Å². The molecule has 2 amide bonds. The molecule has 0 fully saturated rings. The van der Waals surface area contributed by atoms with Crippen LogP contribution in [-0.2, 0) is 30.7 Å². The molecule has 0 unspecified atom stereocenters. The van der Waals surface area contributed by atoms with Gasteiger partial charge in [0.1, 0.15) is 5.60 Å². The number of fused-ring (bicyclic) bond motifs is 2. The molecule has 37 heavy (non-hydrogen) atoms. The molecule has 0 radical (unpaired) electrons. The molecule has 4 atom stereocenters. The van der Waals surface area contributed by atoms with Crippen molar-refractivity contribution in [3.8, 4) is 0 Å². The Morgan fingerprint density at radius 1 is 0.865 bits per heavy atom. The van der Waals surface area contributed by atoms with E-state index < -0.39 is 42.1 Å². The van der Waals surface area contributed by atoms with Gasteiger partial charge < -0.3 is 25.4 Å². The first-order valence-electron chi connectivity index (χ1n) is 12.7. The Kier molecular flexibility index (Phi) is 8.06. The fraction of sp³-hybridized carbons (Fsp3) is 0.500. The van der Waals surface area contributed by atoms with Crippen molar-refractivity contribution in [2.24, 2.45) is 0 Å². The summed E-state index contributed by atoms with van der Waals surface area (Å²) in [5, 5.41) is 34.8. The molecule has 4 rings (SSSR count). The van der Waals surface area contributed by atoms with Crippen molar-refractivity contribution in [2.45, 2.75) is 76.6 Å². The molecule has 0 bridgehead atoms. The van der Waals surface area contributed by atoms with Crippen molar-refractivity contribution in [1.29, 1.82) is 0 Å². The number of ether oxygens (including phenoxy) is 1. The SMILES string of the molecule is CC(C)(C)OC(=O)N1Cc2ccccc2C[C@@H]1[C@@H](O)CNC[C@H](O)[C@@H]1Cc2ccccc2CN1C(=O)O. The molecule has 9 heteroatoms. The number of aliphatic hydroxyl groups excluding tert-OH is 2. The lowest BCUT2D eigenvalue weighted by atomic mass is 9.90. The van der Waals surface area contributed by atoms with Crippen LogP contribution in [0.4, 0.5) is 9.59 Å². The van der Waals surface area contributed by atoms with E-state index in [2.05, 4.69) is 5.32 Å². The van der Waals surface area contributed by atoms with Gasteiger partial charge in [0.15, 0.2) is 0 Å². The summed E-state index contributed by atoms with van der Waals surface area (Å²) in [5.74, 6) is 0. The second-order valence-corrected chi connectivity index (χ2v) is 10.9. The number of aliphatic hydroxyl groups is 2. The van der Waals surface area contributed by atoms with E-state index in [0.717, 1.165) is 22.3 Å². The molecule has 2 aromatic carbocycles. The minimum Gasteiger partial charge on any atom is -0.465 e. The molecular formula is C28H37N3O6. The minimum atomic E-state index is -1.08. The summed E-state index contributed by atoms with van der Waals surface area (Å²) in [4.78, 5) is 27.7. The van der Waals surface area contributed by atoms with Crippen LogP contribution in [0, 0.1) is 0 Å². The van der Waals surface area contributed by atoms with Crippen LogP contribution in [0.3, 0.4) is 0 Å². The maximum atomic E-state index is 13.0. The Hall–Kier alpha value is -3.14. The van der Waals surface area contributed by atoms with Gasteiger partial charge in [-0.3, -0.25) is 9.80 Å². The second-order valence-electron chi connectivity index (χ2n) is 10.9. The quantitative estimate of drug-likeness (QED) is 0.470. The summed E-state index contributed by atoms with van der Waals surface area (Å²) in [5.41, 5.74) is 3.39. The van der Waals surface area contributed by atoms with E-state index in [1.165, 1.54) is 4.90 Å². The third kappa shape index (κ3) is 6.41. The molecule has 0 spiro atoms. The van der Waals surface area contributed by atoms with Gasteiger partial charge in [0, 0.05) is 26.2 Å². The number of nitrogens with zero attached hydrogens (tertiary/aromatic N) is 2. The van der Waals surface area contributed by atoms with E-state index in [-0.39, 0.29) is 19.6 Å². The Bertz CT molecular complexity index is 1120. The highest BCUT2D eigenvalue weighted by molar-refractivity contribution is 5.69. The van der Waals surface area contributed by atoms with Crippen LogP contribution in [0.2, 0.25) is 0 Å². The van der Waals surface area contributed by atoms with Crippen molar-refractivity contribution < 1.29 is 29.6 Å². The lowest BCUT2D eigenvalue weighted by Crippen LogP contribution is -2.56. The number of amides is 2. The number of rotatable bonds is 6. The molecular weight excluding hydrogens is 474 g/mol. The van der Waals surface area contributed by atoms with Crippen molar-refractivity contribution in [3.05, 3.63) is 70.8 Å². The first-order valence-corrected chi connectivity index (χ1v) is 12.7. The first-order chi connectivity index (χ1) is 17.5. The smallest absolute Gasteiger partial charge is 0.410 e. The highest BCUT2D eigenvalue weighted by Gasteiger charge is 2.37. The first kappa shape index (κ1) is 26.9. The van der Waals surface area contributed by atoms with Gasteiger partial charge in [-0.2, -0.15) is 0 Å². The molecule has 200 valence electrons. The minimum absolute atomic E-state index is 0.101. The van der Waals surface area contributed by atoms with E-state index >= 15 is 0 Å². The Labute approximate surface area is 217 Å². The maximum Gasteiger partial charge on any atom is 0.410 e. The van der Waals surface area contributed by atoms with Crippen LogP contribution in [-0.4, -0.2) is 80.3 Å². The highest BCUT2D eigenvalue weighted by atomic mass is 16.6. The number of nitrogens with one attached hydrogen (secondary N) is 1. The normalized spacial score (nSPS) is 21.0. The molecule has 9 nitrogen and oxygen atoms in total. The Morgan fingerprint density at radius 2 is 1.30 bits per heavy atom. The van der Waals surface area contributed by atoms with Crippen LogP contribution in [0.25, 0.3) is 0 Å². The Morgan fingerprint density at radius 3 is 1.76 bits per heavy atom. The molecule has 2 aliphatic rings. The molecule has 2 aromatic rings. The van der Waals surface area contributed by atoms with E-state index in [1.54, 1.807) is 25.7 Å². The summed E-state index contributed by atoms with van der Waals surface area (Å²) in [6.07, 6.45) is -2.55. The summed E-state index contributed by atoms with van der Waals surface area (Å²) in [6, 6.07) is 14.4. The van der Waals surface area contributed by atoms with Gasteiger partial charge in [0.25, 0.3) is 0 Å². The monoisotopic (exact) mass is 511 g/mol. The van der Waals surface area contributed by atoms with E-state index in [9.17, 15) is 24.9 Å². The van der Waals surface area contributed by atoms with Gasteiger partial charge in [0.2, 0.25) is 0 Å². The second kappa shape index (κ2) is 11.1. The van der Waals surface area contributed by atoms with Crippen molar-refractivity contribution >= 4 is 12.2 Å². The largest absolute Gasteiger partial charge is 0.465 e. The number of hydrogen-bond acceptors (Lipinski definition) is 6. The number of carbonyl (C=O) groups is 2. The van der Waals surface area contributed by atoms with E-state index in [0.29, 0.717) is 19.4 Å². The summed E-state index contributed by atoms with van der Waals surface area (Å²) >= 11 is 0. The fourth-order valence-electron chi connectivity index (χ4n) is 5.16. The van der Waals surface area contributed by atoms with E-state index in [4.69, 9.17) is 4.74 Å². The van der Waals surface area contributed by atoms with Crippen LogP contribution in [0.5, 0.6) is 0 Å². The fourth-order valence-corrected chi connectivity index (χ4v) is 5.16. The zero-order chi connectivity index (χ0) is 26.7. The van der Waals surface area contributed by atoms with Crippen LogP contribution >= 0.6 is 0 Å². The zero-order valence-electron chi connectivity index (χ0n) is 21.6. The molecule has 0 saturated carbocycles. The van der Waals surface area contributed by atoms with Gasteiger partial charge in [0.05, 0.1) is 24.3 Å². The standard InChI is InChI=1S/C28H37N3O6/c1-28(2,3)37-27(36)31-17-21-11-7-5-9-19(21)13-23(31)25(33)15-29-14-24(32)22-12-18-8-4-6-10-20(18)16-30(22)26(34)35/h4-11,22-25,29,32-33H,12-17H2,1-3H3,(H,34,35)/t22-,23+,24-,25-/m0/s1. The molecule has 0 aliphatic carbocycles. The number of benzene rings is 2. The van der Waals surface area contributed by atoms with Crippen LogP contribution in [0.15, 0.2) is 48.5 Å².